The van der Waals surface area contributed by atoms with Gasteiger partial charge in [-0.1, -0.05) is 18.1 Å². The number of terminal acetylenes is 1. The Morgan fingerprint density at radius 3 is 3.05 bits per heavy atom. The molecule has 2 rings (SSSR count). The molecule has 2 N–H and O–H groups in total. The number of carbonyl (C=O) groups is 1. The zero-order valence-electron chi connectivity index (χ0n) is 12.4. The van der Waals surface area contributed by atoms with Gasteiger partial charge in [-0.2, -0.15) is 0 Å². The molecule has 4 nitrogen and oxygen atoms in total. The van der Waals surface area contributed by atoms with Gasteiger partial charge in [-0.25, -0.2) is 0 Å². The Morgan fingerprint density at radius 1 is 1.62 bits per heavy atom. The maximum Gasteiger partial charge on any atom is 0.220 e. The van der Waals surface area contributed by atoms with Crippen LogP contribution in [0.1, 0.15) is 29.9 Å². The van der Waals surface area contributed by atoms with Crippen molar-refractivity contribution in [1.29, 1.82) is 0 Å². The molecule has 1 aliphatic rings. The Kier molecular flexibility index (Phi) is 5.38. The van der Waals surface area contributed by atoms with Crippen LogP contribution in [-0.2, 0) is 4.79 Å². The molecule has 0 radical (unpaired) electrons. The number of carbonyl (C=O) groups excluding carboxylic acids is 1. The Balaban J connectivity index is 2.14. The third-order valence-electron chi connectivity index (χ3n) is 3.96. The molecule has 1 aliphatic heterocycles. The van der Waals surface area contributed by atoms with Crippen molar-refractivity contribution in [1.82, 2.24) is 10.2 Å². The number of benzene rings is 1. The second-order valence-electron chi connectivity index (χ2n) is 5.55. The van der Waals surface area contributed by atoms with Crippen LogP contribution in [-0.4, -0.2) is 48.7 Å². The van der Waals surface area contributed by atoms with Crippen molar-refractivity contribution < 1.29 is 9.90 Å². The largest absolute Gasteiger partial charge is 0.392 e. The molecule has 0 spiro atoms. The molecule has 0 aromatic heterocycles. The molecule has 2 atom stereocenters. The van der Waals surface area contributed by atoms with E-state index in [2.05, 4.69) is 16.1 Å². The van der Waals surface area contributed by atoms with Crippen LogP contribution in [0.25, 0.3) is 0 Å². The van der Waals surface area contributed by atoms with Gasteiger partial charge in [0.05, 0.1) is 6.10 Å². The highest BCUT2D eigenvalue weighted by atomic mass is 16.3. The van der Waals surface area contributed by atoms with Gasteiger partial charge in [-0.05, 0) is 24.1 Å². The highest BCUT2D eigenvalue weighted by Gasteiger charge is 2.25. The van der Waals surface area contributed by atoms with E-state index < -0.39 is 0 Å². The zero-order valence-corrected chi connectivity index (χ0v) is 12.4. The number of amides is 1. The average molecular weight is 286 g/mol. The Bertz CT molecular complexity index is 536. The van der Waals surface area contributed by atoms with Gasteiger partial charge in [0.25, 0.3) is 0 Å². The summed E-state index contributed by atoms with van der Waals surface area (Å²) in [4.78, 5) is 14.0. The minimum atomic E-state index is -0.248. The number of hydrogen-bond acceptors (Lipinski definition) is 3. The summed E-state index contributed by atoms with van der Waals surface area (Å²) in [6, 6.07) is 7.81. The molecule has 0 bridgehead atoms. The summed E-state index contributed by atoms with van der Waals surface area (Å²) < 4.78 is 0. The highest BCUT2D eigenvalue weighted by Crippen LogP contribution is 2.24. The number of rotatable bonds is 5. The number of nitrogens with zero attached hydrogens (tertiary/aromatic N) is 1. The molecule has 112 valence electrons. The number of β-amino-alcohol motifs (C(OH)–C–C–N with tert-alkyl or cyclic N) is 1. The number of hydrogen-bond donors (Lipinski definition) is 2. The first-order valence-electron chi connectivity index (χ1n) is 7.30. The van der Waals surface area contributed by atoms with Gasteiger partial charge in [0.2, 0.25) is 5.91 Å². The fourth-order valence-electron chi connectivity index (χ4n) is 2.79. The van der Waals surface area contributed by atoms with Crippen LogP contribution in [0, 0.1) is 12.3 Å². The maximum absolute atomic E-state index is 11.8. The van der Waals surface area contributed by atoms with Crippen LogP contribution >= 0.6 is 0 Å². The van der Waals surface area contributed by atoms with Crippen LogP contribution < -0.4 is 5.32 Å². The van der Waals surface area contributed by atoms with Crippen molar-refractivity contribution in [2.45, 2.75) is 24.9 Å². The molecule has 1 amide bonds. The smallest absolute Gasteiger partial charge is 0.220 e. The highest BCUT2D eigenvalue weighted by molar-refractivity contribution is 5.76. The van der Waals surface area contributed by atoms with Crippen LogP contribution in [0.5, 0.6) is 0 Å². The Labute approximate surface area is 126 Å². The summed E-state index contributed by atoms with van der Waals surface area (Å²) in [7, 11) is 1.65. The van der Waals surface area contributed by atoms with Gasteiger partial charge in [-0.15, -0.1) is 6.42 Å². The molecular formula is C17H22N2O2. The van der Waals surface area contributed by atoms with Crippen molar-refractivity contribution in [3.8, 4) is 12.3 Å². The van der Waals surface area contributed by atoms with Crippen molar-refractivity contribution in [2.24, 2.45) is 0 Å². The molecule has 1 heterocycles. The molecule has 21 heavy (non-hydrogen) atoms. The lowest BCUT2D eigenvalue weighted by molar-refractivity contribution is -0.121. The van der Waals surface area contributed by atoms with E-state index in [1.165, 1.54) is 0 Å². The van der Waals surface area contributed by atoms with Crippen LogP contribution in [0.3, 0.4) is 0 Å². The van der Waals surface area contributed by atoms with Crippen molar-refractivity contribution >= 4 is 5.91 Å². The lowest BCUT2D eigenvalue weighted by atomic mass is 9.93. The Hall–Kier alpha value is -1.83. The summed E-state index contributed by atoms with van der Waals surface area (Å²) in [5, 5.41) is 12.3. The fourth-order valence-corrected chi connectivity index (χ4v) is 2.79. The van der Waals surface area contributed by atoms with E-state index in [0.717, 1.165) is 30.6 Å². The van der Waals surface area contributed by atoms with Gasteiger partial charge in [0, 0.05) is 44.6 Å². The molecule has 1 aromatic carbocycles. The topological polar surface area (TPSA) is 52.6 Å². The first kappa shape index (κ1) is 15.6. The van der Waals surface area contributed by atoms with Gasteiger partial charge < -0.3 is 15.3 Å². The minimum absolute atomic E-state index is 0.0193. The molecule has 0 saturated carbocycles. The summed E-state index contributed by atoms with van der Waals surface area (Å²) in [5.74, 6) is 2.74. The van der Waals surface area contributed by atoms with E-state index in [1.54, 1.807) is 7.05 Å². The van der Waals surface area contributed by atoms with Crippen molar-refractivity contribution in [3.63, 3.8) is 0 Å². The van der Waals surface area contributed by atoms with E-state index in [0.29, 0.717) is 13.0 Å². The number of nitrogens with one attached hydrogen (secondary N) is 1. The van der Waals surface area contributed by atoms with Gasteiger partial charge in [-0.3, -0.25) is 4.79 Å². The molecule has 0 unspecified atom stereocenters. The summed E-state index contributed by atoms with van der Waals surface area (Å²) >= 11 is 0. The standard InChI is InChI=1S/C17H22N2O2/c1-3-13-5-4-6-14(9-13)15(10-17(21)18-2)11-19-8-7-16(20)12-19/h1,4-6,9,15-16,20H,7-8,10-12H2,2H3,(H,18,21)/t15-,16+/m1/s1. The van der Waals surface area contributed by atoms with Crippen LogP contribution in [0.4, 0.5) is 0 Å². The van der Waals surface area contributed by atoms with Crippen molar-refractivity contribution in [3.05, 3.63) is 35.4 Å². The number of likely N-dealkylation sites (tertiary alicyclic amines) is 1. The van der Waals surface area contributed by atoms with Gasteiger partial charge in [0.1, 0.15) is 0 Å². The monoisotopic (exact) mass is 286 g/mol. The zero-order chi connectivity index (χ0) is 15.2. The van der Waals surface area contributed by atoms with Gasteiger partial charge in [0.15, 0.2) is 0 Å². The molecule has 1 aromatic rings. The molecule has 1 fully saturated rings. The molecular weight excluding hydrogens is 264 g/mol. The third-order valence-corrected chi connectivity index (χ3v) is 3.96. The fraction of sp³-hybridized carbons (Fsp3) is 0.471. The predicted octanol–water partition coefficient (Wildman–Crippen LogP) is 0.954. The second-order valence-corrected chi connectivity index (χ2v) is 5.55. The summed E-state index contributed by atoms with van der Waals surface area (Å²) in [6.45, 7) is 2.32. The van der Waals surface area contributed by atoms with Crippen LogP contribution in [0.15, 0.2) is 24.3 Å². The quantitative estimate of drug-likeness (QED) is 0.793. The first-order valence-corrected chi connectivity index (χ1v) is 7.30. The molecule has 1 saturated heterocycles. The Morgan fingerprint density at radius 2 is 2.43 bits per heavy atom. The normalized spacial score (nSPS) is 20.0. The van der Waals surface area contributed by atoms with E-state index in [-0.39, 0.29) is 17.9 Å². The molecule has 0 aliphatic carbocycles. The van der Waals surface area contributed by atoms with E-state index >= 15 is 0 Å². The number of aliphatic hydroxyl groups excluding tert-OH is 1. The summed E-state index contributed by atoms with van der Waals surface area (Å²) in [5.41, 5.74) is 1.91. The molecule has 4 heteroatoms. The SMILES string of the molecule is C#Cc1cccc([C@H](CC(=O)NC)CN2CC[C@H](O)C2)c1. The van der Waals surface area contributed by atoms with Crippen molar-refractivity contribution in [2.75, 3.05) is 26.7 Å². The second kappa shape index (κ2) is 7.26. The lowest BCUT2D eigenvalue weighted by Gasteiger charge is -2.23. The van der Waals surface area contributed by atoms with Gasteiger partial charge >= 0.3 is 0 Å². The summed E-state index contributed by atoms with van der Waals surface area (Å²) in [6.07, 6.45) is 6.44. The maximum atomic E-state index is 11.8. The van der Waals surface area contributed by atoms with E-state index in [1.807, 2.05) is 24.3 Å². The third kappa shape index (κ3) is 4.32. The predicted molar refractivity (Wildman–Crippen MR) is 82.9 cm³/mol. The van der Waals surface area contributed by atoms with Crippen LogP contribution in [0.2, 0.25) is 0 Å². The van der Waals surface area contributed by atoms with E-state index in [4.69, 9.17) is 6.42 Å². The number of aliphatic hydroxyl groups is 1. The lowest BCUT2D eigenvalue weighted by Crippen LogP contribution is -2.30. The average Bonchev–Trinajstić information content (AvgIpc) is 2.91. The van der Waals surface area contributed by atoms with E-state index in [9.17, 15) is 9.90 Å². The first-order chi connectivity index (χ1) is 10.1. The minimum Gasteiger partial charge on any atom is -0.392 e.